The van der Waals surface area contributed by atoms with Gasteiger partial charge in [-0.05, 0) is 23.3 Å². The van der Waals surface area contributed by atoms with Crippen LogP contribution in [0.1, 0.15) is 17.5 Å². The zero-order chi connectivity index (χ0) is 13.5. The minimum atomic E-state index is -0.996. The first-order chi connectivity index (χ1) is 8.52. The third-order valence-electron chi connectivity index (χ3n) is 2.26. The van der Waals surface area contributed by atoms with Crippen LogP contribution in [0.4, 0.5) is 4.39 Å². The van der Waals surface area contributed by atoms with Gasteiger partial charge in [-0.3, -0.25) is 9.59 Å². The summed E-state index contributed by atoms with van der Waals surface area (Å²) < 4.78 is 17.5. The molecule has 0 bridgehead atoms. The van der Waals surface area contributed by atoms with Crippen molar-refractivity contribution < 1.29 is 23.8 Å². The number of esters is 1. The SMILES string of the molecule is COC(=O)CC=Cc1cc(F)ccc1CC(=O)O. The maximum Gasteiger partial charge on any atom is 0.309 e. The maximum absolute atomic E-state index is 13.1. The standard InChI is InChI=1S/C13H13FO4/c1-18-13(17)4-2-3-9-7-11(14)6-5-10(9)8-12(15)16/h2-3,5-7H,4,8H2,1H3,(H,15,16). The molecule has 0 saturated heterocycles. The van der Waals surface area contributed by atoms with Gasteiger partial charge in [-0.2, -0.15) is 0 Å². The van der Waals surface area contributed by atoms with Crippen molar-refractivity contribution in [3.05, 3.63) is 41.2 Å². The number of carbonyl (C=O) groups excluding carboxylic acids is 1. The van der Waals surface area contributed by atoms with E-state index in [1.165, 1.54) is 37.5 Å². The summed E-state index contributed by atoms with van der Waals surface area (Å²) >= 11 is 0. The van der Waals surface area contributed by atoms with E-state index in [0.29, 0.717) is 11.1 Å². The normalized spacial score (nSPS) is 10.6. The van der Waals surface area contributed by atoms with E-state index in [-0.39, 0.29) is 12.8 Å². The molecule has 0 spiro atoms. The summed E-state index contributed by atoms with van der Waals surface area (Å²) in [7, 11) is 1.27. The van der Waals surface area contributed by atoms with E-state index in [9.17, 15) is 14.0 Å². The molecule has 0 aliphatic rings. The number of carboxylic acids is 1. The van der Waals surface area contributed by atoms with Crippen molar-refractivity contribution in [3.63, 3.8) is 0 Å². The molecule has 0 atom stereocenters. The first-order valence-electron chi connectivity index (χ1n) is 5.26. The van der Waals surface area contributed by atoms with E-state index in [4.69, 9.17) is 5.11 Å². The van der Waals surface area contributed by atoms with E-state index < -0.39 is 17.8 Å². The van der Waals surface area contributed by atoms with Crippen LogP contribution in [0, 0.1) is 5.82 Å². The number of hydrogen-bond acceptors (Lipinski definition) is 3. The van der Waals surface area contributed by atoms with Crippen LogP contribution in [0.25, 0.3) is 6.08 Å². The Balaban J connectivity index is 2.88. The topological polar surface area (TPSA) is 63.6 Å². The average molecular weight is 252 g/mol. The number of ether oxygens (including phenoxy) is 1. The summed E-state index contributed by atoms with van der Waals surface area (Å²) in [6.07, 6.45) is 2.88. The number of carbonyl (C=O) groups is 2. The van der Waals surface area contributed by atoms with Gasteiger partial charge in [-0.25, -0.2) is 4.39 Å². The molecule has 0 fully saturated rings. The third kappa shape index (κ3) is 4.37. The number of hydrogen-bond donors (Lipinski definition) is 1. The summed E-state index contributed by atoms with van der Waals surface area (Å²) in [5.74, 6) is -1.87. The highest BCUT2D eigenvalue weighted by atomic mass is 19.1. The maximum atomic E-state index is 13.1. The lowest BCUT2D eigenvalue weighted by Gasteiger charge is -2.03. The monoisotopic (exact) mass is 252 g/mol. The van der Waals surface area contributed by atoms with Crippen molar-refractivity contribution >= 4 is 18.0 Å². The summed E-state index contributed by atoms with van der Waals surface area (Å²) in [6.45, 7) is 0. The second-order valence-corrected chi connectivity index (χ2v) is 3.60. The zero-order valence-electron chi connectivity index (χ0n) is 9.85. The van der Waals surface area contributed by atoms with Gasteiger partial charge >= 0.3 is 11.9 Å². The minimum absolute atomic E-state index is 0.0551. The van der Waals surface area contributed by atoms with Crippen LogP contribution in [0.2, 0.25) is 0 Å². The van der Waals surface area contributed by atoms with Gasteiger partial charge in [-0.1, -0.05) is 18.2 Å². The zero-order valence-corrected chi connectivity index (χ0v) is 9.85. The lowest BCUT2D eigenvalue weighted by Crippen LogP contribution is -2.02. The molecule has 96 valence electrons. The lowest BCUT2D eigenvalue weighted by atomic mass is 10.0. The lowest BCUT2D eigenvalue weighted by molar-refractivity contribution is -0.139. The molecular formula is C13H13FO4. The Morgan fingerprint density at radius 1 is 1.44 bits per heavy atom. The fourth-order valence-electron chi connectivity index (χ4n) is 1.41. The highest BCUT2D eigenvalue weighted by Gasteiger charge is 2.06. The van der Waals surface area contributed by atoms with E-state index >= 15 is 0 Å². The predicted molar refractivity (Wildman–Crippen MR) is 63.4 cm³/mol. The Hall–Kier alpha value is -2.17. The summed E-state index contributed by atoms with van der Waals surface area (Å²) in [4.78, 5) is 21.5. The predicted octanol–water partition coefficient (Wildman–Crippen LogP) is 2.03. The quantitative estimate of drug-likeness (QED) is 0.814. The van der Waals surface area contributed by atoms with E-state index in [0.717, 1.165) is 0 Å². The van der Waals surface area contributed by atoms with Crippen molar-refractivity contribution in [2.75, 3.05) is 7.11 Å². The fourth-order valence-corrected chi connectivity index (χ4v) is 1.41. The summed E-state index contributed by atoms with van der Waals surface area (Å²) in [6, 6.07) is 3.85. The molecule has 1 aromatic carbocycles. The van der Waals surface area contributed by atoms with Crippen LogP contribution in [-0.2, 0) is 20.7 Å². The molecule has 1 aromatic rings. The highest BCUT2D eigenvalue weighted by Crippen LogP contribution is 2.14. The van der Waals surface area contributed by atoms with E-state index in [1.54, 1.807) is 0 Å². The van der Waals surface area contributed by atoms with Crippen LogP contribution < -0.4 is 0 Å². The number of benzene rings is 1. The second-order valence-electron chi connectivity index (χ2n) is 3.60. The summed E-state index contributed by atoms with van der Waals surface area (Å²) in [5.41, 5.74) is 0.936. The molecule has 0 aliphatic carbocycles. The minimum Gasteiger partial charge on any atom is -0.481 e. The molecule has 1 N–H and O–H groups in total. The Labute approximate surface area is 104 Å². The Bertz CT molecular complexity index is 480. The number of carboxylic acid groups (broad SMARTS) is 1. The number of rotatable bonds is 5. The molecule has 0 amide bonds. The molecule has 4 nitrogen and oxygen atoms in total. The molecule has 0 saturated carbocycles. The smallest absolute Gasteiger partial charge is 0.309 e. The molecule has 1 rings (SSSR count). The fraction of sp³-hybridized carbons (Fsp3) is 0.231. The summed E-state index contributed by atoms with van der Waals surface area (Å²) in [5, 5.41) is 8.72. The van der Waals surface area contributed by atoms with Crippen LogP contribution >= 0.6 is 0 Å². The first-order valence-corrected chi connectivity index (χ1v) is 5.26. The van der Waals surface area contributed by atoms with Gasteiger partial charge in [0, 0.05) is 0 Å². The molecule has 18 heavy (non-hydrogen) atoms. The van der Waals surface area contributed by atoms with Crippen molar-refractivity contribution in [2.24, 2.45) is 0 Å². The van der Waals surface area contributed by atoms with Gasteiger partial charge in [0.15, 0.2) is 0 Å². The van der Waals surface area contributed by atoms with Crippen LogP contribution in [0.15, 0.2) is 24.3 Å². The van der Waals surface area contributed by atoms with Gasteiger partial charge in [0.25, 0.3) is 0 Å². The number of halogens is 1. The number of methoxy groups -OCH3 is 1. The van der Waals surface area contributed by atoms with Gasteiger partial charge in [0.1, 0.15) is 5.82 Å². The second kappa shape index (κ2) is 6.54. The number of aliphatic carboxylic acids is 1. The van der Waals surface area contributed by atoms with Crippen LogP contribution in [0.3, 0.4) is 0 Å². The Morgan fingerprint density at radius 2 is 2.17 bits per heavy atom. The first kappa shape index (κ1) is 13.9. The average Bonchev–Trinajstić information content (AvgIpc) is 2.31. The van der Waals surface area contributed by atoms with Crippen molar-refractivity contribution in [1.29, 1.82) is 0 Å². The third-order valence-corrected chi connectivity index (χ3v) is 2.26. The van der Waals surface area contributed by atoms with Crippen molar-refractivity contribution in [3.8, 4) is 0 Å². The largest absolute Gasteiger partial charge is 0.481 e. The Morgan fingerprint density at radius 3 is 2.78 bits per heavy atom. The molecular weight excluding hydrogens is 239 g/mol. The Kier molecular flexibility index (Phi) is 5.05. The molecule has 0 unspecified atom stereocenters. The highest BCUT2D eigenvalue weighted by molar-refractivity contribution is 5.74. The van der Waals surface area contributed by atoms with E-state index in [1.807, 2.05) is 0 Å². The van der Waals surface area contributed by atoms with E-state index in [2.05, 4.69) is 4.74 Å². The van der Waals surface area contributed by atoms with Crippen LogP contribution in [-0.4, -0.2) is 24.2 Å². The van der Waals surface area contributed by atoms with Crippen LogP contribution in [0.5, 0.6) is 0 Å². The van der Waals surface area contributed by atoms with Gasteiger partial charge in [-0.15, -0.1) is 0 Å². The molecule has 0 radical (unpaired) electrons. The molecule has 0 aliphatic heterocycles. The van der Waals surface area contributed by atoms with Gasteiger partial charge in [0.05, 0.1) is 20.0 Å². The van der Waals surface area contributed by atoms with Gasteiger partial charge in [0.2, 0.25) is 0 Å². The van der Waals surface area contributed by atoms with Crippen molar-refractivity contribution in [2.45, 2.75) is 12.8 Å². The molecule has 5 heteroatoms. The molecule has 0 aromatic heterocycles. The molecule has 0 heterocycles. The van der Waals surface area contributed by atoms with Gasteiger partial charge < -0.3 is 9.84 Å². The van der Waals surface area contributed by atoms with Crippen molar-refractivity contribution in [1.82, 2.24) is 0 Å².